The molecular formula is C16H18N4. The van der Waals surface area contributed by atoms with E-state index in [2.05, 4.69) is 45.8 Å². The molecule has 0 unspecified atom stereocenters. The number of aromatic nitrogens is 3. The van der Waals surface area contributed by atoms with Crippen molar-refractivity contribution in [3.05, 3.63) is 54.5 Å². The van der Waals surface area contributed by atoms with Gasteiger partial charge in [0.25, 0.3) is 0 Å². The van der Waals surface area contributed by atoms with Crippen molar-refractivity contribution in [1.29, 1.82) is 0 Å². The summed E-state index contributed by atoms with van der Waals surface area (Å²) in [5, 5.41) is 3.41. The van der Waals surface area contributed by atoms with Crippen LogP contribution in [0, 0.1) is 0 Å². The van der Waals surface area contributed by atoms with Gasteiger partial charge in [0.1, 0.15) is 11.3 Å². The topological polar surface area (TPSA) is 42.7 Å². The predicted molar refractivity (Wildman–Crippen MR) is 81.7 cm³/mol. The lowest BCUT2D eigenvalue weighted by atomic mass is 10.3. The molecule has 1 aromatic carbocycles. The molecule has 0 radical (unpaired) electrons. The van der Waals surface area contributed by atoms with Crippen molar-refractivity contribution >= 4 is 16.9 Å². The summed E-state index contributed by atoms with van der Waals surface area (Å²) in [5.74, 6) is 1.01. The number of pyridine rings is 1. The highest BCUT2D eigenvalue weighted by atomic mass is 15.2. The second-order valence-electron chi connectivity index (χ2n) is 5.06. The first kappa shape index (κ1) is 12.7. The highest BCUT2D eigenvalue weighted by Gasteiger charge is 2.13. The molecule has 0 amide bonds. The molecule has 0 saturated carbocycles. The Bertz CT molecular complexity index is 701. The molecule has 20 heavy (non-hydrogen) atoms. The van der Waals surface area contributed by atoms with Gasteiger partial charge in [-0.2, -0.15) is 0 Å². The fraction of sp³-hybridized carbons (Fsp3) is 0.250. The van der Waals surface area contributed by atoms with Gasteiger partial charge in [0.05, 0.1) is 6.54 Å². The van der Waals surface area contributed by atoms with Crippen LogP contribution >= 0.6 is 0 Å². The smallest absolute Gasteiger partial charge is 0.160 e. The standard InChI is InChI=1S/C16H18N4/c1-12(2)20-15(11-18-13-7-4-3-5-8-13)19-14-9-6-10-17-16(14)20/h3-10,12,18H,11H2,1-2H3. The number of anilines is 1. The summed E-state index contributed by atoms with van der Waals surface area (Å²) in [4.78, 5) is 9.14. The molecule has 2 aromatic heterocycles. The highest BCUT2D eigenvalue weighted by Crippen LogP contribution is 2.19. The molecule has 0 aliphatic heterocycles. The summed E-state index contributed by atoms with van der Waals surface area (Å²) >= 11 is 0. The fourth-order valence-electron chi connectivity index (χ4n) is 2.38. The van der Waals surface area contributed by atoms with E-state index >= 15 is 0 Å². The average Bonchev–Trinajstić information content (AvgIpc) is 2.84. The molecule has 0 spiro atoms. The fourth-order valence-corrected chi connectivity index (χ4v) is 2.38. The summed E-state index contributed by atoms with van der Waals surface area (Å²) in [6, 6.07) is 14.4. The van der Waals surface area contributed by atoms with E-state index in [1.807, 2.05) is 36.5 Å². The number of nitrogens with zero attached hydrogens (tertiary/aromatic N) is 3. The maximum absolute atomic E-state index is 4.69. The van der Waals surface area contributed by atoms with Crippen molar-refractivity contribution in [1.82, 2.24) is 14.5 Å². The van der Waals surface area contributed by atoms with Gasteiger partial charge in [0.2, 0.25) is 0 Å². The van der Waals surface area contributed by atoms with Gasteiger partial charge < -0.3 is 9.88 Å². The van der Waals surface area contributed by atoms with Gasteiger partial charge in [-0.15, -0.1) is 0 Å². The Morgan fingerprint density at radius 2 is 1.90 bits per heavy atom. The van der Waals surface area contributed by atoms with Crippen LogP contribution in [-0.2, 0) is 6.54 Å². The Hall–Kier alpha value is -2.36. The second kappa shape index (κ2) is 5.33. The molecule has 3 aromatic rings. The molecule has 0 bridgehead atoms. The molecule has 0 saturated heterocycles. The lowest BCUT2D eigenvalue weighted by Gasteiger charge is -2.13. The first-order valence-electron chi connectivity index (χ1n) is 6.86. The number of hydrogen-bond acceptors (Lipinski definition) is 3. The molecule has 4 heteroatoms. The first-order valence-corrected chi connectivity index (χ1v) is 6.86. The molecule has 0 fully saturated rings. The Morgan fingerprint density at radius 1 is 1.10 bits per heavy atom. The van der Waals surface area contributed by atoms with Gasteiger partial charge in [0, 0.05) is 17.9 Å². The molecule has 2 heterocycles. The Morgan fingerprint density at radius 3 is 2.65 bits per heavy atom. The van der Waals surface area contributed by atoms with E-state index in [-0.39, 0.29) is 0 Å². The molecule has 0 aliphatic rings. The van der Waals surface area contributed by atoms with Gasteiger partial charge in [-0.1, -0.05) is 18.2 Å². The van der Waals surface area contributed by atoms with Gasteiger partial charge in [0.15, 0.2) is 5.65 Å². The van der Waals surface area contributed by atoms with Crippen LogP contribution in [0.3, 0.4) is 0 Å². The third-order valence-corrected chi connectivity index (χ3v) is 3.26. The number of benzene rings is 1. The van der Waals surface area contributed by atoms with Crippen molar-refractivity contribution in [2.24, 2.45) is 0 Å². The number of para-hydroxylation sites is 1. The maximum Gasteiger partial charge on any atom is 0.160 e. The number of nitrogens with one attached hydrogen (secondary N) is 1. The normalized spacial score (nSPS) is 11.2. The zero-order valence-electron chi connectivity index (χ0n) is 11.7. The van der Waals surface area contributed by atoms with Crippen LogP contribution < -0.4 is 5.32 Å². The van der Waals surface area contributed by atoms with Gasteiger partial charge in [-0.3, -0.25) is 0 Å². The van der Waals surface area contributed by atoms with E-state index < -0.39 is 0 Å². The minimum atomic E-state index is 0.336. The van der Waals surface area contributed by atoms with Crippen LogP contribution in [0.25, 0.3) is 11.2 Å². The van der Waals surface area contributed by atoms with Crippen LogP contribution in [0.4, 0.5) is 5.69 Å². The Balaban J connectivity index is 1.93. The molecule has 1 N–H and O–H groups in total. The van der Waals surface area contributed by atoms with Gasteiger partial charge in [-0.25, -0.2) is 9.97 Å². The lowest BCUT2D eigenvalue weighted by molar-refractivity contribution is 0.585. The minimum absolute atomic E-state index is 0.336. The largest absolute Gasteiger partial charge is 0.378 e. The van der Waals surface area contributed by atoms with Crippen molar-refractivity contribution in [3.8, 4) is 0 Å². The van der Waals surface area contributed by atoms with Crippen LogP contribution in [0.15, 0.2) is 48.7 Å². The average molecular weight is 266 g/mol. The molecule has 3 rings (SSSR count). The predicted octanol–water partition coefficient (Wildman–Crippen LogP) is 3.62. The Kier molecular flexibility index (Phi) is 3.37. The van der Waals surface area contributed by atoms with E-state index in [0.29, 0.717) is 12.6 Å². The van der Waals surface area contributed by atoms with E-state index in [9.17, 15) is 0 Å². The van der Waals surface area contributed by atoms with Crippen LogP contribution in [0.1, 0.15) is 25.7 Å². The summed E-state index contributed by atoms with van der Waals surface area (Å²) in [5.41, 5.74) is 3.00. The zero-order chi connectivity index (χ0) is 13.9. The van der Waals surface area contributed by atoms with E-state index in [4.69, 9.17) is 0 Å². The lowest BCUT2D eigenvalue weighted by Crippen LogP contribution is -2.11. The summed E-state index contributed by atoms with van der Waals surface area (Å²) < 4.78 is 2.19. The number of imidazole rings is 1. The molecule has 102 valence electrons. The zero-order valence-corrected chi connectivity index (χ0v) is 11.7. The van der Waals surface area contributed by atoms with E-state index in [1.165, 1.54) is 0 Å². The highest BCUT2D eigenvalue weighted by molar-refractivity contribution is 5.71. The third kappa shape index (κ3) is 2.37. The third-order valence-electron chi connectivity index (χ3n) is 3.26. The van der Waals surface area contributed by atoms with Crippen molar-refractivity contribution in [2.45, 2.75) is 26.4 Å². The molecular weight excluding hydrogens is 248 g/mol. The Labute approximate surface area is 118 Å². The first-order chi connectivity index (χ1) is 9.75. The molecule has 0 aliphatic carbocycles. The number of rotatable bonds is 4. The maximum atomic E-state index is 4.69. The monoisotopic (exact) mass is 266 g/mol. The minimum Gasteiger partial charge on any atom is -0.378 e. The summed E-state index contributed by atoms with van der Waals surface area (Å²) in [7, 11) is 0. The van der Waals surface area contributed by atoms with Crippen LogP contribution in [0.5, 0.6) is 0 Å². The van der Waals surface area contributed by atoms with Crippen LogP contribution in [-0.4, -0.2) is 14.5 Å². The number of hydrogen-bond donors (Lipinski definition) is 1. The summed E-state index contributed by atoms with van der Waals surface area (Å²) in [6.45, 7) is 5.00. The number of fused-ring (bicyclic) bond motifs is 1. The van der Waals surface area contributed by atoms with Crippen molar-refractivity contribution in [2.75, 3.05) is 5.32 Å². The van der Waals surface area contributed by atoms with Crippen LogP contribution in [0.2, 0.25) is 0 Å². The van der Waals surface area contributed by atoms with Gasteiger partial charge >= 0.3 is 0 Å². The van der Waals surface area contributed by atoms with Gasteiger partial charge in [-0.05, 0) is 38.1 Å². The van der Waals surface area contributed by atoms with Crippen molar-refractivity contribution < 1.29 is 0 Å². The summed E-state index contributed by atoms with van der Waals surface area (Å²) in [6.07, 6.45) is 1.82. The SMILES string of the molecule is CC(C)n1c(CNc2ccccc2)nc2cccnc21. The second-order valence-corrected chi connectivity index (χ2v) is 5.06. The molecule has 4 nitrogen and oxygen atoms in total. The van der Waals surface area contributed by atoms with E-state index in [0.717, 1.165) is 22.7 Å². The molecule has 0 atom stereocenters. The quantitative estimate of drug-likeness (QED) is 0.784. The van der Waals surface area contributed by atoms with E-state index in [1.54, 1.807) is 0 Å². The van der Waals surface area contributed by atoms with Crippen molar-refractivity contribution in [3.63, 3.8) is 0 Å².